The van der Waals surface area contributed by atoms with Gasteiger partial charge in [-0.15, -0.1) is 0 Å². The Hall–Kier alpha value is -2.24. The minimum Gasteiger partial charge on any atom is -0.507 e. The number of phenolic OH excluding ortho intramolecular Hbond substituents is 1. The number of benzene rings is 2. The lowest BCUT2D eigenvalue weighted by Gasteiger charge is -2.08. The second-order valence-corrected chi connectivity index (χ2v) is 5.95. The van der Waals surface area contributed by atoms with Gasteiger partial charge in [-0.05, 0) is 48.9 Å². The van der Waals surface area contributed by atoms with Gasteiger partial charge >= 0.3 is 0 Å². The number of carbonyl (C=O) groups excluding carboxylic acids is 2. The SMILES string of the molecule is O=C(CCCNC(=O)c1cc(Cl)ccc1O)Nc1ccc(Cl)cc1. The molecule has 0 aliphatic rings. The van der Waals surface area contributed by atoms with Crippen LogP contribution in [0.5, 0.6) is 5.75 Å². The maximum Gasteiger partial charge on any atom is 0.255 e. The van der Waals surface area contributed by atoms with E-state index in [1.54, 1.807) is 24.3 Å². The van der Waals surface area contributed by atoms with E-state index in [-0.39, 0.29) is 23.6 Å². The molecule has 0 fully saturated rings. The Bertz CT molecular complexity index is 733. The molecule has 2 aromatic rings. The van der Waals surface area contributed by atoms with Crippen LogP contribution in [0.25, 0.3) is 0 Å². The Balaban J connectivity index is 1.74. The first-order valence-electron chi connectivity index (χ1n) is 7.28. The van der Waals surface area contributed by atoms with Gasteiger partial charge in [-0.25, -0.2) is 0 Å². The molecule has 0 spiro atoms. The summed E-state index contributed by atoms with van der Waals surface area (Å²) in [5.74, 6) is -0.734. The van der Waals surface area contributed by atoms with Gasteiger partial charge < -0.3 is 15.7 Å². The monoisotopic (exact) mass is 366 g/mol. The van der Waals surface area contributed by atoms with Crippen molar-refractivity contribution in [3.8, 4) is 5.75 Å². The summed E-state index contributed by atoms with van der Waals surface area (Å²) in [7, 11) is 0. The quantitative estimate of drug-likeness (QED) is 0.679. The first-order chi connectivity index (χ1) is 11.5. The molecule has 2 amide bonds. The fourth-order valence-corrected chi connectivity index (χ4v) is 2.29. The Labute approximate surface area is 149 Å². The van der Waals surface area contributed by atoms with Crippen LogP contribution in [0.4, 0.5) is 5.69 Å². The number of anilines is 1. The van der Waals surface area contributed by atoms with Crippen LogP contribution in [0.2, 0.25) is 10.0 Å². The van der Waals surface area contributed by atoms with Crippen molar-refractivity contribution in [1.82, 2.24) is 5.32 Å². The van der Waals surface area contributed by atoms with E-state index in [4.69, 9.17) is 23.2 Å². The molecular weight excluding hydrogens is 351 g/mol. The largest absolute Gasteiger partial charge is 0.507 e. The predicted molar refractivity (Wildman–Crippen MR) is 94.8 cm³/mol. The number of nitrogens with one attached hydrogen (secondary N) is 2. The summed E-state index contributed by atoms with van der Waals surface area (Å²) in [5.41, 5.74) is 0.769. The van der Waals surface area contributed by atoms with E-state index >= 15 is 0 Å². The smallest absolute Gasteiger partial charge is 0.255 e. The molecule has 24 heavy (non-hydrogen) atoms. The fourth-order valence-electron chi connectivity index (χ4n) is 1.99. The molecule has 2 rings (SSSR count). The molecule has 126 valence electrons. The second-order valence-electron chi connectivity index (χ2n) is 5.08. The zero-order valence-corrected chi connectivity index (χ0v) is 14.2. The third-order valence-corrected chi connectivity index (χ3v) is 3.68. The molecule has 0 radical (unpaired) electrons. The Morgan fingerprint density at radius 2 is 1.67 bits per heavy atom. The molecule has 0 aromatic heterocycles. The number of aromatic hydroxyl groups is 1. The molecule has 2 aromatic carbocycles. The summed E-state index contributed by atoms with van der Waals surface area (Å²) in [6, 6.07) is 11.0. The third-order valence-electron chi connectivity index (χ3n) is 3.20. The van der Waals surface area contributed by atoms with Gasteiger partial charge in [0.15, 0.2) is 0 Å². The fraction of sp³-hybridized carbons (Fsp3) is 0.176. The average molecular weight is 367 g/mol. The molecule has 5 nitrogen and oxygen atoms in total. The zero-order chi connectivity index (χ0) is 17.5. The number of hydrogen-bond acceptors (Lipinski definition) is 3. The predicted octanol–water partition coefficient (Wildman–Crippen LogP) is 3.85. The van der Waals surface area contributed by atoms with E-state index in [1.165, 1.54) is 18.2 Å². The number of carbonyl (C=O) groups is 2. The Morgan fingerprint density at radius 1 is 1.00 bits per heavy atom. The van der Waals surface area contributed by atoms with E-state index in [0.717, 1.165) is 0 Å². The molecule has 0 heterocycles. The van der Waals surface area contributed by atoms with E-state index in [9.17, 15) is 14.7 Å². The average Bonchev–Trinajstić information content (AvgIpc) is 2.56. The van der Waals surface area contributed by atoms with Crippen LogP contribution >= 0.6 is 23.2 Å². The van der Waals surface area contributed by atoms with Crippen molar-refractivity contribution >= 4 is 40.7 Å². The lowest BCUT2D eigenvalue weighted by Crippen LogP contribution is -2.25. The molecule has 0 saturated heterocycles. The molecule has 0 atom stereocenters. The van der Waals surface area contributed by atoms with Crippen LogP contribution in [0.1, 0.15) is 23.2 Å². The van der Waals surface area contributed by atoms with Gasteiger partial charge in [-0.3, -0.25) is 9.59 Å². The molecule has 0 saturated carbocycles. The number of halogens is 2. The minimum absolute atomic E-state index is 0.105. The van der Waals surface area contributed by atoms with Crippen molar-refractivity contribution in [3.63, 3.8) is 0 Å². The van der Waals surface area contributed by atoms with Crippen LogP contribution in [-0.2, 0) is 4.79 Å². The lowest BCUT2D eigenvalue weighted by atomic mass is 10.2. The molecule has 0 aliphatic heterocycles. The van der Waals surface area contributed by atoms with Gasteiger partial charge in [0.05, 0.1) is 5.56 Å². The van der Waals surface area contributed by atoms with Crippen molar-refractivity contribution in [2.75, 3.05) is 11.9 Å². The molecule has 0 bridgehead atoms. The lowest BCUT2D eigenvalue weighted by molar-refractivity contribution is -0.116. The first-order valence-corrected chi connectivity index (χ1v) is 8.03. The van der Waals surface area contributed by atoms with Crippen molar-refractivity contribution in [3.05, 3.63) is 58.1 Å². The molecular formula is C17H16Cl2N2O3. The summed E-state index contributed by atoms with van der Waals surface area (Å²) in [6.07, 6.45) is 0.719. The summed E-state index contributed by atoms with van der Waals surface area (Å²) in [6.45, 7) is 0.304. The Kier molecular flexibility index (Phi) is 6.46. The highest BCUT2D eigenvalue weighted by Crippen LogP contribution is 2.21. The van der Waals surface area contributed by atoms with Crippen molar-refractivity contribution in [2.45, 2.75) is 12.8 Å². The van der Waals surface area contributed by atoms with Crippen LogP contribution in [-0.4, -0.2) is 23.5 Å². The van der Waals surface area contributed by atoms with E-state index < -0.39 is 5.91 Å². The highest BCUT2D eigenvalue weighted by atomic mass is 35.5. The zero-order valence-electron chi connectivity index (χ0n) is 12.7. The van der Waals surface area contributed by atoms with Crippen molar-refractivity contribution in [2.24, 2.45) is 0 Å². The van der Waals surface area contributed by atoms with Crippen LogP contribution in [0.15, 0.2) is 42.5 Å². The molecule has 0 unspecified atom stereocenters. The van der Waals surface area contributed by atoms with E-state index in [2.05, 4.69) is 10.6 Å². The highest BCUT2D eigenvalue weighted by Gasteiger charge is 2.11. The van der Waals surface area contributed by atoms with Gasteiger partial charge in [0, 0.05) is 28.7 Å². The molecule has 3 N–H and O–H groups in total. The number of phenols is 1. The van der Waals surface area contributed by atoms with Gasteiger partial charge in [0.2, 0.25) is 5.91 Å². The Morgan fingerprint density at radius 3 is 2.38 bits per heavy atom. The topological polar surface area (TPSA) is 78.4 Å². The maximum atomic E-state index is 11.9. The van der Waals surface area contributed by atoms with Gasteiger partial charge in [-0.1, -0.05) is 23.2 Å². The van der Waals surface area contributed by atoms with Crippen LogP contribution in [0, 0.1) is 0 Å². The summed E-state index contributed by atoms with van der Waals surface area (Å²) >= 11 is 11.6. The normalized spacial score (nSPS) is 10.2. The summed E-state index contributed by atoms with van der Waals surface area (Å²) < 4.78 is 0. The standard InChI is InChI=1S/C17H16Cl2N2O3/c18-11-3-6-13(7-4-11)21-16(23)2-1-9-20-17(24)14-10-12(19)5-8-15(14)22/h3-8,10,22H,1-2,9H2,(H,20,24)(H,21,23). The molecule has 0 aliphatic carbocycles. The second kappa shape index (κ2) is 8.57. The summed E-state index contributed by atoms with van der Waals surface area (Å²) in [4.78, 5) is 23.7. The molecule has 7 heteroatoms. The van der Waals surface area contributed by atoms with Gasteiger partial charge in [-0.2, -0.15) is 0 Å². The summed E-state index contributed by atoms with van der Waals surface area (Å²) in [5, 5.41) is 16.0. The number of rotatable bonds is 6. The number of hydrogen-bond donors (Lipinski definition) is 3. The maximum absolute atomic E-state index is 11.9. The van der Waals surface area contributed by atoms with Crippen molar-refractivity contribution in [1.29, 1.82) is 0 Å². The van der Waals surface area contributed by atoms with Crippen LogP contribution < -0.4 is 10.6 Å². The van der Waals surface area contributed by atoms with Crippen LogP contribution in [0.3, 0.4) is 0 Å². The minimum atomic E-state index is -0.437. The van der Waals surface area contributed by atoms with Gasteiger partial charge in [0.25, 0.3) is 5.91 Å². The van der Waals surface area contributed by atoms with E-state index in [1.807, 2.05) is 0 Å². The van der Waals surface area contributed by atoms with Gasteiger partial charge in [0.1, 0.15) is 5.75 Å². The van der Waals surface area contributed by atoms with Crippen molar-refractivity contribution < 1.29 is 14.7 Å². The number of amides is 2. The first kappa shape index (κ1) is 18.1. The van der Waals surface area contributed by atoms with E-state index in [0.29, 0.717) is 28.7 Å². The highest BCUT2D eigenvalue weighted by molar-refractivity contribution is 6.31. The third kappa shape index (κ3) is 5.44.